The lowest BCUT2D eigenvalue weighted by Crippen LogP contribution is -2.42. The van der Waals surface area contributed by atoms with Gasteiger partial charge in [0, 0.05) is 39.8 Å². The number of urea groups is 1. The zero-order valence-electron chi connectivity index (χ0n) is 14.8. The van der Waals surface area contributed by atoms with E-state index < -0.39 is 6.03 Å². The third-order valence-corrected chi connectivity index (χ3v) is 4.73. The molecule has 1 N–H and O–H groups in total. The van der Waals surface area contributed by atoms with Gasteiger partial charge < -0.3 is 15.1 Å². The van der Waals surface area contributed by atoms with Gasteiger partial charge in [-0.05, 0) is 12.3 Å². The Morgan fingerprint density at radius 2 is 2.08 bits per heavy atom. The van der Waals surface area contributed by atoms with E-state index in [0.717, 1.165) is 23.6 Å². The molecule has 1 aromatic rings. The van der Waals surface area contributed by atoms with Crippen molar-refractivity contribution in [1.29, 1.82) is 0 Å². The van der Waals surface area contributed by atoms with E-state index in [1.807, 2.05) is 0 Å². The van der Waals surface area contributed by atoms with Crippen LogP contribution in [-0.2, 0) is 16.6 Å². The molecular formula is C16H22N6O4. The molecule has 1 atom stereocenters. The number of anilines is 1. The van der Waals surface area contributed by atoms with Crippen molar-refractivity contribution >= 4 is 23.5 Å². The number of imide groups is 1. The van der Waals surface area contributed by atoms with Crippen LogP contribution in [0.5, 0.6) is 0 Å². The van der Waals surface area contributed by atoms with Crippen LogP contribution in [0.2, 0.25) is 0 Å². The maximum absolute atomic E-state index is 12.0. The van der Waals surface area contributed by atoms with Crippen LogP contribution in [0.3, 0.4) is 0 Å². The van der Waals surface area contributed by atoms with Gasteiger partial charge in [-0.1, -0.05) is 0 Å². The number of aromatic nitrogens is 2. The molecule has 0 saturated carbocycles. The Morgan fingerprint density at radius 1 is 1.31 bits per heavy atom. The zero-order valence-corrected chi connectivity index (χ0v) is 14.8. The molecule has 26 heavy (non-hydrogen) atoms. The molecule has 2 aliphatic rings. The van der Waals surface area contributed by atoms with E-state index in [2.05, 4.69) is 15.3 Å². The van der Waals surface area contributed by atoms with E-state index in [4.69, 9.17) is 0 Å². The van der Waals surface area contributed by atoms with Crippen molar-refractivity contribution in [2.75, 3.05) is 44.7 Å². The molecule has 10 nitrogen and oxygen atoms in total. The fraction of sp³-hybridized carbons (Fsp3) is 0.562. The van der Waals surface area contributed by atoms with E-state index in [9.17, 15) is 19.2 Å². The minimum absolute atomic E-state index is 0.00821. The van der Waals surface area contributed by atoms with Crippen molar-refractivity contribution < 1.29 is 14.4 Å². The Hall–Kier alpha value is -2.91. The molecule has 2 saturated heterocycles. The van der Waals surface area contributed by atoms with Gasteiger partial charge in [-0.3, -0.25) is 19.3 Å². The van der Waals surface area contributed by atoms with E-state index in [1.165, 1.54) is 16.6 Å². The van der Waals surface area contributed by atoms with Gasteiger partial charge in [0.2, 0.25) is 5.91 Å². The van der Waals surface area contributed by atoms with Crippen molar-refractivity contribution in [2.24, 2.45) is 13.0 Å². The second kappa shape index (κ2) is 7.14. The van der Waals surface area contributed by atoms with E-state index in [0.29, 0.717) is 13.1 Å². The van der Waals surface area contributed by atoms with Crippen LogP contribution in [-0.4, -0.2) is 77.2 Å². The highest BCUT2D eigenvalue weighted by molar-refractivity contribution is 6.04. The predicted molar refractivity (Wildman–Crippen MR) is 92.5 cm³/mol. The molecule has 3 heterocycles. The standard InChI is InChI=1S/C16H22N6O4/c1-19-10-15(25)22(16(19)26)9-13(23)17-6-11-3-4-21(8-11)12-5-14(24)20(2)18-7-12/h5,7,11H,3-4,6,8-10H2,1-2H3,(H,17,23)/t11-/m0/s1. The zero-order chi connectivity index (χ0) is 18.8. The van der Waals surface area contributed by atoms with Crippen LogP contribution in [0.4, 0.5) is 10.5 Å². The third kappa shape index (κ3) is 3.68. The number of hydrogen-bond acceptors (Lipinski definition) is 6. The quantitative estimate of drug-likeness (QED) is 0.647. The summed E-state index contributed by atoms with van der Waals surface area (Å²) in [6.07, 6.45) is 2.53. The molecule has 2 aliphatic heterocycles. The van der Waals surface area contributed by atoms with Gasteiger partial charge >= 0.3 is 6.03 Å². The number of rotatable bonds is 5. The average Bonchev–Trinajstić information content (AvgIpc) is 3.16. The Balaban J connectivity index is 1.48. The smallest absolute Gasteiger partial charge is 0.327 e. The Bertz CT molecular complexity index is 791. The highest BCUT2D eigenvalue weighted by Crippen LogP contribution is 2.21. The fourth-order valence-electron chi connectivity index (χ4n) is 3.15. The molecule has 140 valence electrons. The van der Waals surface area contributed by atoms with Crippen LogP contribution in [0, 0.1) is 5.92 Å². The number of carbonyl (C=O) groups is 3. The first-order chi connectivity index (χ1) is 12.3. The largest absolute Gasteiger partial charge is 0.370 e. The molecule has 10 heteroatoms. The molecule has 0 unspecified atom stereocenters. The predicted octanol–water partition coefficient (Wildman–Crippen LogP) is -1.38. The number of amides is 4. The summed E-state index contributed by atoms with van der Waals surface area (Å²) in [5, 5.41) is 6.81. The van der Waals surface area contributed by atoms with Crippen LogP contribution in [0.25, 0.3) is 0 Å². The molecule has 0 bridgehead atoms. The topological polar surface area (TPSA) is 108 Å². The fourth-order valence-corrected chi connectivity index (χ4v) is 3.15. The van der Waals surface area contributed by atoms with Gasteiger partial charge in [0.15, 0.2) is 0 Å². The molecule has 3 rings (SSSR count). The summed E-state index contributed by atoms with van der Waals surface area (Å²) in [6, 6.07) is 1.10. The molecule has 1 aromatic heterocycles. The average molecular weight is 362 g/mol. The van der Waals surface area contributed by atoms with Gasteiger partial charge in [0.05, 0.1) is 11.9 Å². The maximum atomic E-state index is 12.0. The molecule has 0 spiro atoms. The number of carbonyl (C=O) groups excluding carboxylic acids is 3. The van der Waals surface area contributed by atoms with Crippen LogP contribution >= 0.6 is 0 Å². The summed E-state index contributed by atoms with van der Waals surface area (Å²) in [6.45, 7) is 1.70. The normalized spacial score (nSPS) is 20.2. The molecule has 0 aromatic carbocycles. The van der Waals surface area contributed by atoms with Gasteiger partial charge in [0.25, 0.3) is 11.5 Å². The van der Waals surface area contributed by atoms with Crippen molar-refractivity contribution in [2.45, 2.75) is 6.42 Å². The van der Waals surface area contributed by atoms with Crippen LogP contribution in [0.15, 0.2) is 17.1 Å². The van der Waals surface area contributed by atoms with E-state index >= 15 is 0 Å². The molecule has 0 radical (unpaired) electrons. The Morgan fingerprint density at radius 3 is 2.73 bits per heavy atom. The molecule has 0 aliphatic carbocycles. The lowest BCUT2D eigenvalue weighted by atomic mass is 10.1. The van der Waals surface area contributed by atoms with E-state index in [-0.39, 0.29) is 36.4 Å². The van der Waals surface area contributed by atoms with Crippen LogP contribution < -0.4 is 15.8 Å². The summed E-state index contributed by atoms with van der Waals surface area (Å²) >= 11 is 0. The van der Waals surface area contributed by atoms with Crippen molar-refractivity contribution in [3.05, 3.63) is 22.6 Å². The maximum Gasteiger partial charge on any atom is 0.327 e. The second-order valence-corrected chi connectivity index (χ2v) is 6.70. The minimum Gasteiger partial charge on any atom is -0.370 e. The Labute approximate surface area is 150 Å². The van der Waals surface area contributed by atoms with Gasteiger partial charge in [-0.2, -0.15) is 5.10 Å². The second-order valence-electron chi connectivity index (χ2n) is 6.70. The van der Waals surface area contributed by atoms with Gasteiger partial charge in [-0.25, -0.2) is 9.48 Å². The number of hydrogen-bond donors (Lipinski definition) is 1. The number of likely N-dealkylation sites (N-methyl/N-ethyl adjacent to an activating group) is 1. The summed E-state index contributed by atoms with van der Waals surface area (Å²) < 4.78 is 1.27. The SMILES string of the molecule is CN1CC(=O)N(CC(=O)NC[C@@H]2CCN(c3cnn(C)c(=O)c3)C2)C1=O. The number of nitrogens with zero attached hydrogens (tertiary/aromatic N) is 5. The lowest BCUT2D eigenvalue weighted by Gasteiger charge is -2.19. The minimum atomic E-state index is -0.449. The van der Waals surface area contributed by atoms with E-state index in [1.54, 1.807) is 19.3 Å². The summed E-state index contributed by atoms with van der Waals surface area (Å²) in [7, 11) is 3.12. The first kappa shape index (κ1) is 17.9. The lowest BCUT2D eigenvalue weighted by molar-refractivity contribution is -0.130. The summed E-state index contributed by atoms with van der Waals surface area (Å²) in [5.74, 6) is -0.482. The van der Waals surface area contributed by atoms with Gasteiger partial charge in [0.1, 0.15) is 13.1 Å². The summed E-state index contributed by atoms with van der Waals surface area (Å²) in [4.78, 5) is 51.5. The van der Waals surface area contributed by atoms with Crippen molar-refractivity contribution in [1.82, 2.24) is 24.9 Å². The first-order valence-corrected chi connectivity index (χ1v) is 8.45. The van der Waals surface area contributed by atoms with Gasteiger partial charge in [-0.15, -0.1) is 0 Å². The molecule has 4 amide bonds. The molecular weight excluding hydrogens is 340 g/mol. The number of nitrogens with one attached hydrogen (secondary N) is 1. The number of aryl methyl sites for hydroxylation is 1. The summed E-state index contributed by atoms with van der Waals surface area (Å²) in [5.41, 5.74) is 0.613. The monoisotopic (exact) mass is 362 g/mol. The van der Waals surface area contributed by atoms with Crippen molar-refractivity contribution in [3.8, 4) is 0 Å². The first-order valence-electron chi connectivity index (χ1n) is 8.45. The molecule has 2 fully saturated rings. The Kier molecular flexibility index (Phi) is 4.92. The highest BCUT2D eigenvalue weighted by Gasteiger charge is 2.35. The van der Waals surface area contributed by atoms with Crippen molar-refractivity contribution in [3.63, 3.8) is 0 Å². The highest BCUT2D eigenvalue weighted by atomic mass is 16.2. The third-order valence-electron chi connectivity index (χ3n) is 4.73. The van der Waals surface area contributed by atoms with Crippen LogP contribution in [0.1, 0.15) is 6.42 Å².